The molecule has 190 valence electrons. The summed E-state index contributed by atoms with van der Waals surface area (Å²) in [7, 11) is 0. The van der Waals surface area contributed by atoms with Gasteiger partial charge in [-0.2, -0.15) is 0 Å². The van der Waals surface area contributed by atoms with Crippen molar-refractivity contribution >= 4 is 35.1 Å². The Bertz CT molecular complexity index is 1030. The Morgan fingerprint density at radius 3 is 2.74 bits per heavy atom. The van der Waals surface area contributed by atoms with Gasteiger partial charge in [0.25, 0.3) is 5.91 Å². The third kappa shape index (κ3) is 3.77. The van der Waals surface area contributed by atoms with Gasteiger partial charge < -0.3 is 24.4 Å². The highest BCUT2D eigenvalue weighted by molar-refractivity contribution is 6.34. The van der Waals surface area contributed by atoms with E-state index in [1.54, 1.807) is 37.3 Å². The molecule has 0 saturated carbocycles. The molecule has 4 rings (SSSR count). The predicted molar refractivity (Wildman–Crippen MR) is 131 cm³/mol. The first-order valence-corrected chi connectivity index (χ1v) is 12.5. The molecule has 3 aliphatic rings. The number of esters is 1. The number of nitrogens with zero attached hydrogens (tertiary/aromatic N) is 2. The number of hydrogen-bond donors (Lipinski definition) is 1. The summed E-state index contributed by atoms with van der Waals surface area (Å²) in [5.41, 5.74) is -1.61. The third-order valence-electron chi connectivity index (χ3n) is 7.87. The number of carbonyl (C=O) groups excluding carboxylic acids is 3. The summed E-state index contributed by atoms with van der Waals surface area (Å²) in [6.07, 6.45) is 2.35. The second-order valence-corrected chi connectivity index (χ2v) is 10.2. The molecule has 2 amide bonds. The van der Waals surface area contributed by atoms with Crippen LogP contribution in [0, 0.1) is 17.8 Å². The Labute approximate surface area is 210 Å². The van der Waals surface area contributed by atoms with E-state index in [1.807, 2.05) is 13.8 Å². The van der Waals surface area contributed by atoms with Crippen molar-refractivity contribution in [2.75, 3.05) is 31.2 Å². The monoisotopic (exact) mass is 504 g/mol. The van der Waals surface area contributed by atoms with Gasteiger partial charge in [0.2, 0.25) is 5.91 Å². The van der Waals surface area contributed by atoms with Crippen LogP contribution in [-0.4, -0.2) is 71.3 Å². The number of para-hydroxylation sites is 1. The number of benzene rings is 1. The molecule has 3 heterocycles. The first kappa shape index (κ1) is 25.7. The minimum Gasteiger partial charge on any atom is -0.466 e. The smallest absolute Gasteiger partial charge is 0.312 e. The zero-order chi connectivity index (χ0) is 25.5. The van der Waals surface area contributed by atoms with E-state index in [0.717, 1.165) is 0 Å². The van der Waals surface area contributed by atoms with Crippen molar-refractivity contribution in [3.63, 3.8) is 0 Å². The number of amides is 2. The average Bonchev–Trinajstić information content (AvgIpc) is 3.33. The van der Waals surface area contributed by atoms with Crippen molar-refractivity contribution in [2.24, 2.45) is 17.8 Å². The Balaban J connectivity index is 1.84. The molecule has 0 aromatic heterocycles. The summed E-state index contributed by atoms with van der Waals surface area (Å²) in [5, 5.41) is 9.89. The maximum absolute atomic E-state index is 14.3. The summed E-state index contributed by atoms with van der Waals surface area (Å²) < 4.78 is 12.0. The molecule has 1 aromatic rings. The van der Waals surface area contributed by atoms with Crippen molar-refractivity contribution in [3.05, 3.63) is 41.9 Å². The molecule has 0 aliphatic carbocycles. The number of hydrogen-bond acceptors (Lipinski definition) is 6. The molecule has 1 aromatic carbocycles. The number of fused-ring (bicyclic) bond motifs is 1. The number of aliphatic hydroxyl groups is 1. The second kappa shape index (κ2) is 9.56. The third-order valence-corrected chi connectivity index (χ3v) is 8.19. The fourth-order valence-corrected chi connectivity index (χ4v) is 6.58. The molecule has 2 bridgehead atoms. The number of ether oxygens (including phenoxy) is 2. The highest BCUT2D eigenvalue weighted by Gasteiger charge is 2.80. The van der Waals surface area contributed by atoms with E-state index in [2.05, 4.69) is 6.58 Å². The summed E-state index contributed by atoms with van der Waals surface area (Å²) >= 11 is 6.45. The maximum Gasteiger partial charge on any atom is 0.312 e. The maximum atomic E-state index is 14.3. The number of anilines is 1. The molecule has 3 saturated heterocycles. The first-order chi connectivity index (χ1) is 16.7. The average molecular weight is 505 g/mol. The quantitative estimate of drug-likeness (QED) is 0.410. The lowest BCUT2D eigenvalue weighted by Gasteiger charge is -2.37. The zero-order valence-electron chi connectivity index (χ0n) is 20.4. The largest absolute Gasteiger partial charge is 0.466 e. The van der Waals surface area contributed by atoms with Gasteiger partial charge in [0, 0.05) is 19.7 Å². The molecule has 3 fully saturated rings. The normalized spacial score (nSPS) is 33.1. The van der Waals surface area contributed by atoms with E-state index < -0.39 is 35.0 Å². The van der Waals surface area contributed by atoms with Gasteiger partial charge in [-0.05, 0) is 44.7 Å². The number of rotatable bonds is 9. The number of aliphatic hydroxyl groups excluding tert-OH is 1. The lowest BCUT2D eigenvalue weighted by Crippen LogP contribution is -2.57. The molecule has 9 heteroatoms. The Kier molecular flexibility index (Phi) is 7.01. The van der Waals surface area contributed by atoms with E-state index in [-0.39, 0.29) is 44.0 Å². The van der Waals surface area contributed by atoms with E-state index in [1.165, 1.54) is 9.80 Å². The highest BCUT2D eigenvalue weighted by Crippen LogP contribution is 2.65. The SMILES string of the molecule is C=CCN(C(=O)C1N(CCCO)C(=O)[C@@H]2[C@@H](C(=O)OCC)[C@]3(C)OC12CC3C)c1ccccc1Cl. The van der Waals surface area contributed by atoms with Gasteiger partial charge in [-0.15, -0.1) is 6.58 Å². The summed E-state index contributed by atoms with van der Waals surface area (Å²) in [6, 6.07) is 6.02. The van der Waals surface area contributed by atoms with Crippen LogP contribution in [0.3, 0.4) is 0 Å². The molecule has 35 heavy (non-hydrogen) atoms. The molecule has 1 spiro atoms. The molecule has 3 aliphatic heterocycles. The first-order valence-electron chi connectivity index (χ1n) is 12.1. The Hall–Kier alpha value is -2.42. The van der Waals surface area contributed by atoms with Gasteiger partial charge in [-0.3, -0.25) is 14.4 Å². The van der Waals surface area contributed by atoms with Crippen LogP contribution in [0.5, 0.6) is 0 Å². The molecule has 6 atom stereocenters. The number of halogens is 1. The van der Waals surface area contributed by atoms with E-state index in [9.17, 15) is 19.5 Å². The van der Waals surface area contributed by atoms with Crippen molar-refractivity contribution < 1.29 is 29.0 Å². The Morgan fingerprint density at radius 1 is 1.40 bits per heavy atom. The fourth-order valence-electron chi connectivity index (χ4n) is 6.34. The fraction of sp³-hybridized carbons (Fsp3) is 0.577. The predicted octanol–water partition coefficient (Wildman–Crippen LogP) is 2.82. The summed E-state index contributed by atoms with van der Waals surface area (Å²) in [5.74, 6) is -2.89. The van der Waals surface area contributed by atoms with Gasteiger partial charge >= 0.3 is 5.97 Å². The van der Waals surface area contributed by atoms with Crippen molar-refractivity contribution in [1.29, 1.82) is 0 Å². The molecule has 1 N–H and O–H groups in total. The standard InChI is InChI=1S/C26H33ClN2O6/c1-5-12-28(18-11-8-7-10-17(18)27)23(32)21-26-15-16(3)25(4,35-26)20(24(33)34-6-2)19(26)22(31)29(21)13-9-14-30/h5,7-8,10-11,16,19-21,30H,1,6,9,12-15H2,2-4H3/t16?,19-,20-,21?,25+,26?/m0/s1. The van der Waals surface area contributed by atoms with Gasteiger partial charge in [0.15, 0.2) is 0 Å². The van der Waals surface area contributed by atoms with E-state index >= 15 is 0 Å². The molecule has 0 radical (unpaired) electrons. The van der Waals surface area contributed by atoms with Crippen LogP contribution in [0.4, 0.5) is 5.69 Å². The van der Waals surface area contributed by atoms with Gasteiger partial charge in [0.1, 0.15) is 17.6 Å². The number of likely N-dealkylation sites (tertiary alicyclic amines) is 1. The van der Waals surface area contributed by atoms with Crippen LogP contribution in [0.1, 0.15) is 33.6 Å². The molecular formula is C26H33ClN2O6. The number of carbonyl (C=O) groups is 3. The van der Waals surface area contributed by atoms with Crippen LogP contribution in [0.15, 0.2) is 36.9 Å². The summed E-state index contributed by atoms with van der Waals surface area (Å²) in [4.78, 5) is 44.3. The molecular weight excluding hydrogens is 472 g/mol. The zero-order valence-corrected chi connectivity index (χ0v) is 21.2. The summed E-state index contributed by atoms with van der Waals surface area (Å²) in [6.45, 7) is 9.73. The minimum absolute atomic E-state index is 0.0813. The lowest BCUT2D eigenvalue weighted by atomic mass is 9.62. The highest BCUT2D eigenvalue weighted by atomic mass is 35.5. The Morgan fingerprint density at radius 2 is 2.11 bits per heavy atom. The van der Waals surface area contributed by atoms with E-state index in [4.69, 9.17) is 21.1 Å². The van der Waals surface area contributed by atoms with E-state index in [0.29, 0.717) is 23.6 Å². The van der Waals surface area contributed by atoms with Gasteiger partial charge in [0.05, 0.1) is 28.8 Å². The van der Waals surface area contributed by atoms with Crippen LogP contribution >= 0.6 is 11.6 Å². The van der Waals surface area contributed by atoms with Crippen LogP contribution in [0.2, 0.25) is 5.02 Å². The van der Waals surface area contributed by atoms with Crippen LogP contribution in [-0.2, 0) is 23.9 Å². The molecule has 8 nitrogen and oxygen atoms in total. The van der Waals surface area contributed by atoms with Gasteiger partial charge in [-0.1, -0.05) is 36.7 Å². The van der Waals surface area contributed by atoms with Crippen molar-refractivity contribution in [1.82, 2.24) is 4.90 Å². The topological polar surface area (TPSA) is 96.4 Å². The second-order valence-electron chi connectivity index (χ2n) is 9.75. The van der Waals surface area contributed by atoms with Crippen LogP contribution in [0.25, 0.3) is 0 Å². The van der Waals surface area contributed by atoms with Crippen molar-refractivity contribution in [3.8, 4) is 0 Å². The minimum atomic E-state index is -1.18. The van der Waals surface area contributed by atoms with Crippen molar-refractivity contribution in [2.45, 2.75) is 50.9 Å². The molecule has 3 unspecified atom stereocenters. The van der Waals surface area contributed by atoms with Gasteiger partial charge in [-0.25, -0.2) is 0 Å². The van der Waals surface area contributed by atoms with Crippen LogP contribution < -0.4 is 4.90 Å². The lowest BCUT2D eigenvalue weighted by molar-refractivity contribution is -0.161.